The topological polar surface area (TPSA) is 43.1 Å². The number of hydrogen-bond donors (Lipinski definition) is 0. The average molecular weight is 266 g/mol. The summed E-state index contributed by atoms with van der Waals surface area (Å²) in [6, 6.07) is 10.7. The third kappa shape index (κ3) is 2.15. The van der Waals surface area contributed by atoms with Gasteiger partial charge in [0.2, 0.25) is 5.78 Å². The molecule has 0 aliphatic heterocycles. The molecule has 2 rings (SSSR count). The highest BCUT2D eigenvalue weighted by molar-refractivity contribution is 9.08. The molecule has 1 heterocycles. The maximum absolute atomic E-state index is 11.8. The highest BCUT2D eigenvalue weighted by Crippen LogP contribution is 2.12. The predicted molar refractivity (Wildman–Crippen MR) is 59.0 cm³/mol. The minimum atomic E-state index is -0.119. The summed E-state index contributed by atoms with van der Waals surface area (Å²) in [6.45, 7) is 0. The van der Waals surface area contributed by atoms with Crippen LogP contribution in [0.1, 0.15) is 21.8 Å². The SMILES string of the molecule is O=C(c1ccccc1)c1cc(CBr)on1. The number of ketones is 1. The molecular weight excluding hydrogens is 258 g/mol. The molecule has 0 N–H and O–H groups in total. The number of nitrogens with zero attached hydrogens (tertiary/aromatic N) is 1. The molecule has 0 atom stereocenters. The standard InChI is InChI=1S/C11H8BrNO2/c12-7-9-6-10(13-15-9)11(14)8-4-2-1-3-5-8/h1-6H,7H2. The Morgan fingerprint density at radius 1 is 1.33 bits per heavy atom. The second-order valence-corrected chi connectivity index (χ2v) is 3.57. The zero-order chi connectivity index (χ0) is 10.7. The Kier molecular flexibility index (Phi) is 2.97. The van der Waals surface area contributed by atoms with Crippen molar-refractivity contribution >= 4 is 21.7 Å². The molecule has 1 aromatic heterocycles. The number of halogens is 1. The summed E-state index contributed by atoms with van der Waals surface area (Å²) in [5.41, 5.74) is 0.961. The van der Waals surface area contributed by atoms with Crippen LogP contribution in [0, 0.1) is 0 Å². The van der Waals surface area contributed by atoms with Crippen molar-refractivity contribution in [2.75, 3.05) is 0 Å². The van der Waals surface area contributed by atoms with Gasteiger partial charge >= 0.3 is 0 Å². The smallest absolute Gasteiger partial charge is 0.214 e. The fraction of sp³-hybridized carbons (Fsp3) is 0.0909. The number of hydrogen-bond acceptors (Lipinski definition) is 3. The summed E-state index contributed by atoms with van der Waals surface area (Å²) in [4.78, 5) is 11.8. The van der Waals surface area contributed by atoms with Gasteiger partial charge in [0.15, 0.2) is 5.69 Å². The summed E-state index contributed by atoms with van der Waals surface area (Å²) in [5, 5.41) is 4.27. The third-order valence-electron chi connectivity index (χ3n) is 1.96. The second kappa shape index (κ2) is 4.40. The van der Waals surface area contributed by atoms with Gasteiger partial charge in [0, 0.05) is 11.6 Å². The number of carbonyl (C=O) groups is 1. The molecule has 76 valence electrons. The van der Waals surface area contributed by atoms with E-state index in [0.717, 1.165) is 0 Å². The van der Waals surface area contributed by atoms with E-state index in [-0.39, 0.29) is 5.78 Å². The van der Waals surface area contributed by atoms with Crippen LogP contribution in [0.4, 0.5) is 0 Å². The van der Waals surface area contributed by atoms with Gasteiger partial charge in [-0.1, -0.05) is 51.4 Å². The van der Waals surface area contributed by atoms with E-state index in [9.17, 15) is 4.79 Å². The van der Waals surface area contributed by atoms with Gasteiger partial charge < -0.3 is 4.52 Å². The fourth-order valence-corrected chi connectivity index (χ4v) is 1.48. The average Bonchev–Trinajstić information content (AvgIpc) is 2.78. The molecule has 1 aromatic carbocycles. The molecular formula is C11H8BrNO2. The van der Waals surface area contributed by atoms with Crippen molar-refractivity contribution in [3.05, 3.63) is 53.4 Å². The summed E-state index contributed by atoms with van der Waals surface area (Å²) < 4.78 is 4.94. The molecule has 0 bridgehead atoms. The van der Waals surface area contributed by atoms with Crippen molar-refractivity contribution < 1.29 is 9.32 Å². The summed E-state index contributed by atoms with van der Waals surface area (Å²) in [5.74, 6) is 0.529. The van der Waals surface area contributed by atoms with E-state index in [0.29, 0.717) is 22.3 Å². The van der Waals surface area contributed by atoms with Crippen LogP contribution >= 0.6 is 15.9 Å². The Balaban J connectivity index is 2.29. The lowest BCUT2D eigenvalue weighted by Gasteiger charge is -1.94. The van der Waals surface area contributed by atoms with Crippen LogP contribution < -0.4 is 0 Å². The fourth-order valence-electron chi connectivity index (χ4n) is 1.22. The summed E-state index contributed by atoms with van der Waals surface area (Å²) in [7, 11) is 0. The first-order valence-corrected chi connectivity index (χ1v) is 5.54. The summed E-state index contributed by atoms with van der Waals surface area (Å²) >= 11 is 3.23. The van der Waals surface area contributed by atoms with Gasteiger partial charge in [-0.2, -0.15) is 0 Å². The van der Waals surface area contributed by atoms with Gasteiger partial charge in [0.05, 0.1) is 5.33 Å². The Bertz CT molecular complexity index is 464. The largest absolute Gasteiger partial charge is 0.360 e. The minimum absolute atomic E-state index is 0.119. The van der Waals surface area contributed by atoms with Crippen LogP contribution in [-0.4, -0.2) is 10.9 Å². The van der Waals surface area contributed by atoms with E-state index in [1.54, 1.807) is 18.2 Å². The highest BCUT2D eigenvalue weighted by Gasteiger charge is 2.13. The van der Waals surface area contributed by atoms with E-state index in [1.165, 1.54) is 0 Å². The van der Waals surface area contributed by atoms with Crippen LogP contribution in [-0.2, 0) is 5.33 Å². The van der Waals surface area contributed by atoms with Crippen molar-refractivity contribution in [1.29, 1.82) is 0 Å². The van der Waals surface area contributed by atoms with E-state index < -0.39 is 0 Å². The molecule has 0 fully saturated rings. The van der Waals surface area contributed by atoms with Gasteiger partial charge in [-0.15, -0.1) is 0 Å². The van der Waals surface area contributed by atoms with Crippen LogP contribution in [0.25, 0.3) is 0 Å². The molecule has 0 unspecified atom stereocenters. The molecule has 0 aliphatic carbocycles. The molecule has 0 saturated heterocycles. The Labute approximate surface area is 95.2 Å². The lowest BCUT2D eigenvalue weighted by atomic mass is 10.1. The minimum Gasteiger partial charge on any atom is -0.360 e. The van der Waals surface area contributed by atoms with Crippen LogP contribution in [0.2, 0.25) is 0 Å². The zero-order valence-electron chi connectivity index (χ0n) is 7.81. The number of rotatable bonds is 3. The molecule has 0 spiro atoms. The number of aromatic nitrogens is 1. The van der Waals surface area contributed by atoms with Crippen LogP contribution in [0.15, 0.2) is 40.9 Å². The van der Waals surface area contributed by atoms with Crippen LogP contribution in [0.3, 0.4) is 0 Å². The summed E-state index contributed by atoms with van der Waals surface area (Å²) in [6.07, 6.45) is 0. The van der Waals surface area contributed by atoms with Crippen molar-refractivity contribution in [1.82, 2.24) is 5.16 Å². The van der Waals surface area contributed by atoms with Gasteiger partial charge in [0.25, 0.3) is 0 Å². The maximum atomic E-state index is 11.8. The Hall–Kier alpha value is -1.42. The Morgan fingerprint density at radius 2 is 2.07 bits per heavy atom. The van der Waals surface area contributed by atoms with E-state index >= 15 is 0 Å². The van der Waals surface area contributed by atoms with Crippen molar-refractivity contribution in [2.45, 2.75) is 5.33 Å². The molecule has 0 amide bonds. The zero-order valence-corrected chi connectivity index (χ0v) is 9.40. The number of alkyl halides is 1. The monoisotopic (exact) mass is 265 g/mol. The van der Waals surface area contributed by atoms with E-state index in [4.69, 9.17) is 4.52 Å². The lowest BCUT2D eigenvalue weighted by molar-refractivity contribution is 0.103. The molecule has 3 nitrogen and oxygen atoms in total. The number of benzene rings is 1. The van der Waals surface area contributed by atoms with Gasteiger partial charge in [-0.25, -0.2) is 0 Å². The first kappa shape index (κ1) is 10.1. The lowest BCUT2D eigenvalue weighted by Crippen LogP contribution is -2.00. The van der Waals surface area contributed by atoms with E-state index in [2.05, 4.69) is 21.1 Å². The first-order valence-electron chi connectivity index (χ1n) is 4.42. The molecule has 15 heavy (non-hydrogen) atoms. The van der Waals surface area contributed by atoms with Gasteiger partial charge in [-0.05, 0) is 0 Å². The van der Waals surface area contributed by atoms with Crippen molar-refractivity contribution in [2.24, 2.45) is 0 Å². The highest BCUT2D eigenvalue weighted by atomic mass is 79.9. The third-order valence-corrected chi connectivity index (χ3v) is 2.51. The van der Waals surface area contributed by atoms with Crippen LogP contribution in [0.5, 0.6) is 0 Å². The number of carbonyl (C=O) groups excluding carboxylic acids is 1. The quantitative estimate of drug-likeness (QED) is 0.633. The second-order valence-electron chi connectivity index (χ2n) is 3.01. The predicted octanol–water partition coefficient (Wildman–Crippen LogP) is 2.80. The molecule has 0 saturated carbocycles. The normalized spacial score (nSPS) is 10.2. The molecule has 2 aromatic rings. The molecule has 0 radical (unpaired) electrons. The Morgan fingerprint density at radius 3 is 2.67 bits per heavy atom. The molecule has 0 aliphatic rings. The van der Waals surface area contributed by atoms with Crippen molar-refractivity contribution in [3.63, 3.8) is 0 Å². The van der Waals surface area contributed by atoms with E-state index in [1.807, 2.05) is 18.2 Å². The van der Waals surface area contributed by atoms with Crippen molar-refractivity contribution in [3.8, 4) is 0 Å². The van der Waals surface area contributed by atoms with Gasteiger partial charge in [0.1, 0.15) is 5.76 Å². The molecule has 4 heteroatoms. The maximum Gasteiger partial charge on any atom is 0.214 e. The van der Waals surface area contributed by atoms with Gasteiger partial charge in [-0.3, -0.25) is 4.79 Å². The first-order chi connectivity index (χ1) is 7.31.